The maximum atomic E-state index is 14.0. The third-order valence-corrected chi connectivity index (χ3v) is 9.72. The number of aromatic nitrogens is 1. The lowest BCUT2D eigenvalue weighted by atomic mass is 9.85. The van der Waals surface area contributed by atoms with Gasteiger partial charge in [0.25, 0.3) is 5.92 Å². The van der Waals surface area contributed by atoms with E-state index in [1.807, 2.05) is 11.2 Å². The first-order valence-electron chi connectivity index (χ1n) is 15.5. The van der Waals surface area contributed by atoms with Crippen LogP contribution in [0.25, 0.3) is 10.9 Å². The molecule has 3 aromatic carbocycles. The van der Waals surface area contributed by atoms with Crippen molar-refractivity contribution in [3.05, 3.63) is 105 Å². The molecule has 1 saturated heterocycles. The minimum Gasteiger partial charge on any atom is -0.373 e. The molecule has 248 valence electrons. The maximum absolute atomic E-state index is 14.0. The van der Waals surface area contributed by atoms with E-state index in [-0.39, 0.29) is 41.3 Å². The molecule has 3 heterocycles. The zero-order valence-electron chi connectivity index (χ0n) is 25.4. The van der Waals surface area contributed by atoms with Gasteiger partial charge in [0.05, 0.1) is 38.6 Å². The van der Waals surface area contributed by atoms with Crippen molar-refractivity contribution in [2.45, 2.75) is 49.7 Å². The van der Waals surface area contributed by atoms with Gasteiger partial charge in [-0.3, -0.25) is 14.9 Å². The summed E-state index contributed by atoms with van der Waals surface area (Å²) in [6, 6.07) is 15.6. The minimum absolute atomic E-state index is 0.0544. The van der Waals surface area contributed by atoms with Crippen molar-refractivity contribution in [1.82, 2.24) is 25.9 Å². The first kappa shape index (κ1) is 32.3. The van der Waals surface area contributed by atoms with E-state index >= 15 is 0 Å². The number of pyridine rings is 1. The molecular formula is C34H30Cl2F4N8. The first-order chi connectivity index (χ1) is 23.1. The second kappa shape index (κ2) is 13.0. The summed E-state index contributed by atoms with van der Waals surface area (Å²) in [5, 5.41) is 19.4. The zero-order chi connectivity index (χ0) is 33.6. The molecule has 1 saturated carbocycles. The third-order valence-electron chi connectivity index (χ3n) is 9.14. The fourth-order valence-corrected chi connectivity index (χ4v) is 7.00. The second-order valence-electron chi connectivity index (χ2n) is 12.3. The highest BCUT2D eigenvalue weighted by atomic mass is 35.5. The quantitative estimate of drug-likeness (QED) is 0.138. The van der Waals surface area contributed by atoms with Crippen LogP contribution in [0.4, 0.5) is 34.6 Å². The van der Waals surface area contributed by atoms with E-state index in [2.05, 4.69) is 37.5 Å². The molecule has 48 heavy (non-hydrogen) atoms. The van der Waals surface area contributed by atoms with Crippen molar-refractivity contribution in [2.24, 2.45) is 0 Å². The Morgan fingerprint density at radius 1 is 0.958 bits per heavy atom. The van der Waals surface area contributed by atoms with Crippen molar-refractivity contribution < 1.29 is 17.6 Å². The van der Waals surface area contributed by atoms with E-state index in [4.69, 9.17) is 23.2 Å². The lowest BCUT2D eigenvalue weighted by molar-refractivity contribution is -0.129. The number of alkyl halides is 2. The smallest absolute Gasteiger partial charge is 0.251 e. The molecule has 2 aliphatic heterocycles. The Hall–Kier alpha value is -4.28. The van der Waals surface area contributed by atoms with Crippen LogP contribution >= 0.6 is 23.2 Å². The monoisotopic (exact) mass is 696 g/mol. The molecule has 3 aliphatic rings. The predicted octanol–water partition coefficient (Wildman–Crippen LogP) is 8.02. The summed E-state index contributed by atoms with van der Waals surface area (Å²) in [4.78, 5) is 6.58. The zero-order valence-corrected chi connectivity index (χ0v) is 26.9. The molecule has 0 radical (unpaired) electrons. The average molecular weight is 698 g/mol. The molecular weight excluding hydrogens is 667 g/mol. The molecule has 0 spiro atoms. The largest absolute Gasteiger partial charge is 0.373 e. The molecule has 7 rings (SSSR count). The molecule has 14 heteroatoms. The Morgan fingerprint density at radius 3 is 2.38 bits per heavy atom. The predicted molar refractivity (Wildman–Crippen MR) is 178 cm³/mol. The van der Waals surface area contributed by atoms with Crippen molar-refractivity contribution >= 4 is 51.2 Å². The Kier molecular flexibility index (Phi) is 8.72. The van der Waals surface area contributed by atoms with Gasteiger partial charge in [0.2, 0.25) is 0 Å². The molecule has 8 nitrogen and oxygen atoms in total. The second-order valence-corrected chi connectivity index (χ2v) is 13.1. The molecule has 1 atom stereocenters. The number of fused-ring (bicyclic) bond motifs is 1. The third kappa shape index (κ3) is 6.56. The number of anilines is 3. The highest BCUT2D eigenvalue weighted by Crippen LogP contribution is 2.42. The van der Waals surface area contributed by atoms with Gasteiger partial charge in [-0.05, 0) is 60.9 Å². The van der Waals surface area contributed by atoms with Gasteiger partial charge < -0.3 is 16.1 Å². The summed E-state index contributed by atoms with van der Waals surface area (Å²) < 4.78 is 54.7. The lowest BCUT2D eigenvalue weighted by Gasteiger charge is -2.46. The molecule has 1 aromatic heterocycles. The number of nitriles is 1. The van der Waals surface area contributed by atoms with Gasteiger partial charge in [0.1, 0.15) is 17.7 Å². The van der Waals surface area contributed by atoms with Crippen molar-refractivity contribution in [2.75, 3.05) is 23.7 Å². The number of benzene rings is 3. The van der Waals surface area contributed by atoms with E-state index in [9.17, 15) is 22.8 Å². The number of rotatable bonds is 8. The summed E-state index contributed by atoms with van der Waals surface area (Å²) in [5.41, 5.74) is 10.1. The SMILES string of the molecule is N#Cc1cnc2c(Cl)cc(N[C@H](C3=CN(C4CCN(C5CC(F)(F)C5)CC4)NN3)c3ccc(F)cc3)cc2c1Nc1ccc(F)c(Cl)c1. The van der Waals surface area contributed by atoms with Gasteiger partial charge in [0.15, 0.2) is 0 Å². The van der Waals surface area contributed by atoms with Gasteiger partial charge in [-0.1, -0.05) is 35.3 Å². The lowest BCUT2D eigenvalue weighted by Crippen LogP contribution is -2.55. The summed E-state index contributed by atoms with van der Waals surface area (Å²) in [5.74, 6) is -3.49. The van der Waals surface area contributed by atoms with E-state index < -0.39 is 17.8 Å². The first-order valence-corrected chi connectivity index (χ1v) is 16.2. The van der Waals surface area contributed by atoms with Crippen molar-refractivity contribution in [3.8, 4) is 6.07 Å². The van der Waals surface area contributed by atoms with Gasteiger partial charge in [-0.2, -0.15) is 5.26 Å². The topological polar surface area (TPSA) is 91.3 Å². The maximum Gasteiger partial charge on any atom is 0.251 e. The van der Waals surface area contributed by atoms with Gasteiger partial charge >= 0.3 is 0 Å². The normalized spacial score (nSPS) is 18.9. The number of nitrogens with zero attached hydrogens (tertiary/aromatic N) is 4. The number of hydrogen-bond donors (Lipinski definition) is 4. The molecule has 4 N–H and O–H groups in total. The fourth-order valence-electron chi connectivity index (χ4n) is 6.55. The van der Waals surface area contributed by atoms with Crippen LogP contribution in [-0.2, 0) is 0 Å². The number of hydrogen-bond acceptors (Lipinski definition) is 8. The van der Waals surface area contributed by atoms with Crippen LogP contribution in [0.15, 0.2) is 72.7 Å². The van der Waals surface area contributed by atoms with Crippen molar-refractivity contribution in [3.63, 3.8) is 0 Å². The Labute approximate surface area is 284 Å². The molecule has 0 bridgehead atoms. The number of halogens is 6. The van der Waals surface area contributed by atoms with Gasteiger partial charge in [0, 0.05) is 67.2 Å². The Bertz CT molecular complexity index is 1920. The summed E-state index contributed by atoms with van der Waals surface area (Å²) in [6.07, 6.45) is 4.84. The number of likely N-dealkylation sites (tertiary alicyclic amines) is 1. The highest BCUT2D eigenvalue weighted by Gasteiger charge is 2.48. The molecule has 1 aliphatic carbocycles. The molecule has 2 fully saturated rings. The Morgan fingerprint density at radius 2 is 1.69 bits per heavy atom. The van der Waals surface area contributed by atoms with Crippen LogP contribution in [0.5, 0.6) is 0 Å². The number of piperidine rings is 1. The van der Waals surface area contributed by atoms with Crippen LogP contribution in [0.2, 0.25) is 10.0 Å². The van der Waals surface area contributed by atoms with E-state index in [0.29, 0.717) is 33.0 Å². The molecule has 0 amide bonds. The van der Waals surface area contributed by atoms with Crippen LogP contribution in [0, 0.1) is 23.0 Å². The van der Waals surface area contributed by atoms with E-state index in [1.54, 1.807) is 24.3 Å². The summed E-state index contributed by atoms with van der Waals surface area (Å²) in [7, 11) is 0. The van der Waals surface area contributed by atoms with Crippen LogP contribution in [-0.4, -0.2) is 46.0 Å². The number of nitrogens with one attached hydrogen (secondary N) is 4. The van der Waals surface area contributed by atoms with E-state index in [0.717, 1.165) is 37.2 Å². The van der Waals surface area contributed by atoms with Crippen molar-refractivity contribution in [1.29, 1.82) is 5.26 Å². The minimum atomic E-state index is -2.54. The molecule has 0 unspecified atom stereocenters. The highest BCUT2D eigenvalue weighted by molar-refractivity contribution is 6.36. The standard InChI is InChI=1S/C34H30Cl2F4N8/c35-27-12-22(5-6-29(27)38)43-31-20(16-41)17-42-33-26(31)11-23(13-28(33)36)44-32(19-1-3-21(37)4-2-19)30-18-48(46-45-30)24-7-9-47(10-8-24)25-14-34(39,40)15-25/h1-6,11-13,17-18,24-25,32,44-46H,7-10,14-15H2,(H,42,43)/t32-/m0/s1. The Balaban J connectivity index is 1.17. The molecule has 4 aromatic rings. The van der Waals surface area contributed by atoms with Crippen LogP contribution < -0.4 is 21.6 Å². The average Bonchev–Trinajstić information content (AvgIpc) is 3.55. The fraction of sp³-hybridized carbons (Fsp3) is 0.294. The van der Waals surface area contributed by atoms with E-state index in [1.165, 1.54) is 36.5 Å². The summed E-state index contributed by atoms with van der Waals surface area (Å²) in [6.45, 7) is 1.47. The van der Waals surface area contributed by atoms with Gasteiger partial charge in [-0.25, -0.2) is 17.6 Å². The van der Waals surface area contributed by atoms with Crippen LogP contribution in [0.3, 0.4) is 0 Å². The number of hydrazine groups is 2. The summed E-state index contributed by atoms with van der Waals surface area (Å²) >= 11 is 12.8. The van der Waals surface area contributed by atoms with Crippen LogP contribution in [0.1, 0.15) is 42.9 Å². The van der Waals surface area contributed by atoms with Gasteiger partial charge in [-0.15, -0.1) is 5.53 Å².